The van der Waals surface area contributed by atoms with Crippen molar-refractivity contribution in [3.05, 3.63) is 5.82 Å². The summed E-state index contributed by atoms with van der Waals surface area (Å²) in [4.78, 5) is 4.56. The fourth-order valence-electron chi connectivity index (χ4n) is 2.30. The molecule has 2 rings (SSSR count). The van der Waals surface area contributed by atoms with Crippen molar-refractivity contribution in [2.24, 2.45) is 0 Å². The smallest absolute Gasteiger partial charge is 0.170 e. The van der Waals surface area contributed by atoms with Crippen molar-refractivity contribution in [3.8, 4) is 0 Å². The lowest BCUT2D eigenvalue weighted by Crippen LogP contribution is -2.34. The van der Waals surface area contributed by atoms with E-state index in [1.807, 2.05) is 11.8 Å². The van der Waals surface area contributed by atoms with Gasteiger partial charge in [-0.1, -0.05) is 37.9 Å². The minimum Gasteiger partial charge on any atom is -0.316 e. The van der Waals surface area contributed by atoms with Crippen LogP contribution in [0.15, 0.2) is 4.34 Å². The number of hydrogen-bond donors (Lipinski definition) is 1. The predicted molar refractivity (Wildman–Crippen MR) is 74.9 cm³/mol. The van der Waals surface area contributed by atoms with Gasteiger partial charge < -0.3 is 5.32 Å². The van der Waals surface area contributed by atoms with Crippen LogP contribution in [0.1, 0.15) is 44.9 Å². The Bertz CT molecular complexity index is 340. The third-order valence-electron chi connectivity index (χ3n) is 3.34. The minimum absolute atomic E-state index is 0.636. The summed E-state index contributed by atoms with van der Waals surface area (Å²) in [6.45, 7) is 2.11. The average Bonchev–Trinajstić information content (AvgIpc) is 2.68. The summed E-state index contributed by atoms with van der Waals surface area (Å²) < 4.78 is 5.51. The van der Waals surface area contributed by atoms with Crippen molar-refractivity contribution in [2.75, 3.05) is 7.05 Å². The quantitative estimate of drug-likeness (QED) is 0.854. The molecule has 1 aliphatic carbocycles. The first kappa shape index (κ1) is 13.3. The van der Waals surface area contributed by atoms with E-state index in [9.17, 15) is 0 Å². The third kappa shape index (κ3) is 3.66. The lowest BCUT2D eigenvalue weighted by molar-refractivity contribution is 0.510. The molecule has 96 valence electrons. The number of aromatic nitrogens is 2. The summed E-state index contributed by atoms with van der Waals surface area (Å²) in [6.07, 6.45) is 7.64. The summed E-state index contributed by atoms with van der Waals surface area (Å²) in [6, 6.07) is 0.636. The van der Waals surface area contributed by atoms with Gasteiger partial charge in [0.1, 0.15) is 5.82 Å². The van der Waals surface area contributed by atoms with E-state index in [4.69, 9.17) is 0 Å². The number of aryl methyl sites for hydroxylation is 1. The highest BCUT2D eigenvalue weighted by atomic mass is 32.2. The van der Waals surface area contributed by atoms with Crippen LogP contribution in [0.2, 0.25) is 0 Å². The molecular weight excluding hydrogens is 250 g/mol. The highest BCUT2D eigenvalue weighted by molar-refractivity contribution is 8.01. The van der Waals surface area contributed by atoms with Crippen LogP contribution in [-0.2, 0) is 6.42 Å². The third-order valence-corrected chi connectivity index (χ3v) is 5.56. The molecule has 0 aliphatic heterocycles. The topological polar surface area (TPSA) is 37.8 Å². The van der Waals surface area contributed by atoms with E-state index < -0.39 is 0 Å². The molecule has 0 saturated heterocycles. The Morgan fingerprint density at radius 3 is 2.88 bits per heavy atom. The van der Waals surface area contributed by atoms with Crippen molar-refractivity contribution in [1.29, 1.82) is 0 Å². The van der Waals surface area contributed by atoms with Crippen LogP contribution in [0.3, 0.4) is 0 Å². The zero-order chi connectivity index (χ0) is 12.1. The monoisotopic (exact) mass is 271 g/mol. The summed E-state index contributed by atoms with van der Waals surface area (Å²) in [5.74, 6) is 0.993. The molecule has 1 N–H and O–H groups in total. The maximum atomic E-state index is 4.56. The molecule has 1 heterocycles. The fourth-order valence-corrected chi connectivity index (χ4v) is 4.60. The van der Waals surface area contributed by atoms with Crippen molar-refractivity contribution < 1.29 is 0 Å². The molecule has 1 fully saturated rings. The van der Waals surface area contributed by atoms with Crippen molar-refractivity contribution in [1.82, 2.24) is 14.7 Å². The van der Waals surface area contributed by atoms with Gasteiger partial charge in [-0.05, 0) is 31.4 Å². The minimum atomic E-state index is 0.636. The molecule has 1 saturated carbocycles. The molecule has 0 amide bonds. The molecule has 17 heavy (non-hydrogen) atoms. The number of thioether (sulfide) groups is 1. The first-order valence-electron chi connectivity index (χ1n) is 6.50. The van der Waals surface area contributed by atoms with Crippen LogP contribution in [0.5, 0.6) is 0 Å². The highest BCUT2D eigenvalue weighted by Gasteiger charge is 2.24. The first-order chi connectivity index (χ1) is 8.33. The number of nitrogens with one attached hydrogen (secondary N) is 1. The SMILES string of the molecule is CCc1nsc(SC2CCCCCC2NC)n1. The van der Waals surface area contributed by atoms with Crippen LogP contribution in [0, 0.1) is 0 Å². The average molecular weight is 271 g/mol. The van der Waals surface area contributed by atoms with Gasteiger partial charge in [0.25, 0.3) is 0 Å². The first-order valence-corrected chi connectivity index (χ1v) is 8.15. The maximum absolute atomic E-state index is 4.56. The molecule has 0 bridgehead atoms. The van der Waals surface area contributed by atoms with Gasteiger partial charge in [0.05, 0.1) is 0 Å². The molecule has 5 heteroatoms. The molecule has 3 nitrogen and oxygen atoms in total. The zero-order valence-corrected chi connectivity index (χ0v) is 12.2. The van der Waals surface area contributed by atoms with Gasteiger partial charge in [-0.15, -0.1) is 0 Å². The zero-order valence-electron chi connectivity index (χ0n) is 10.6. The predicted octanol–water partition coefficient (Wildman–Crippen LogP) is 3.11. The standard InChI is InChI=1S/C12H21N3S2/c1-3-11-14-12(17-15-11)16-10-8-6-4-5-7-9(10)13-2/h9-10,13H,3-8H2,1-2H3. The lowest BCUT2D eigenvalue weighted by Gasteiger charge is -2.22. The Labute approximate surface area is 112 Å². The van der Waals surface area contributed by atoms with E-state index in [0.717, 1.165) is 16.6 Å². The van der Waals surface area contributed by atoms with E-state index in [0.29, 0.717) is 11.3 Å². The molecule has 1 aliphatic rings. The van der Waals surface area contributed by atoms with E-state index in [2.05, 4.69) is 28.6 Å². The molecule has 0 spiro atoms. The maximum Gasteiger partial charge on any atom is 0.170 e. The van der Waals surface area contributed by atoms with E-state index in [1.165, 1.54) is 32.1 Å². The Morgan fingerprint density at radius 2 is 2.18 bits per heavy atom. The summed E-state index contributed by atoms with van der Waals surface area (Å²) in [7, 11) is 2.08. The highest BCUT2D eigenvalue weighted by Crippen LogP contribution is 2.33. The Hall–Kier alpha value is -0.130. The second-order valence-electron chi connectivity index (χ2n) is 4.52. The Kier molecular flexibility index (Phi) is 5.25. The van der Waals surface area contributed by atoms with E-state index in [1.54, 1.807) is 11.5 Å². The van der Waals surface area contributed by atoms with Crippen molar-refractivity contribution in [3.63, 3.8) is 0 Å². The van der Waals surface area contributed by atoms with Crippen LogP contribution in [0.4, 0.5) is 0 Å². The molecule has 0 radical (unpaired) electrons. The van der Waals surface area contributed by atoms with Gasteiger partial charge in [-0.25, -0.2) is 4.98 Å². The summed E-state index contributed by atoms with van der Waals surface area (Å²) in [5.41, 5.74) is 0. The van der Waals surface area contributed by atoms with Crippen molar-refractivity contribution >= 4 is 23.3 Å². The number of hydrogen-bond acceptors (Lipinski definition) is 5. The molecular formula is C12H21N3S2. The largest absolute Gasteiger partial charge is 0.316 e. The van der Waals surface area contributed by atoms with Crippen LogP contribution < -0.4 is 5.32 Å². The van der Waals surface area contributed by atoms with Crippen LogP contribution in [0.25, 0.3) is 0 Å². The lowest BCUT2D eigenvalue weighted by atomic mass is 10.1. The Balaban J connectivity index is 1.99. The van der Waals surface area contributed by atoms with Gasteiger partial charge in [0.15, 0.2) is 4.34 Å². The van der Waals surface area contributed by atoms with Crippen LogP contribution >= 0.6 is 23.3 Å². The number of rotatable bonds is 4. The van der Waals surface area contributed by atoms with Gasteiger partial charge in [0, 0.05) is 17.7 Å². The molecule has 1 aromatic heterocycles. The number of nitrogens with zero attached hydrogens (tertiary/aromatic N) is 2. The summed E-state index contributed by atoms with van der Waals surface area (Å²) >= 11 is 3.49. The van der Waals surface area contributed by atoms with Crippen molar-refractivity contribution in [2.45, 2.75) is 61.1 Å². The van der Waals surface area contributed by atoms with Gasteiger partial charge >= 0.3 is 0 Å². The van der Waals surface area contributed by atoms with Gasteiger partial charge in [-0.3, -0.25) is 0 Å². The second kappa shape index (κ2) is 6.71. The molecule has 2 unspecified atom stereocenters. The van der Waals surface area contributed by atoms with E-state index in [-0.39, 0.29) is 0 Å². The van der Waals surface area contributed by atoms with Crippen LogP contribution in [-0.4, -0.2) is 27.7 Å². The Morgan fingerprint density at radius 1 is 1.35 bits per heavy atom. The van der Waals surface area contributed by atoms with E-state index >= 15 is 0 Å². The molecule has 0 aromatic carbocycles. The van der Waals surface area contributed by atoms with Gasteiger partial charge in [-0.2, -0.15) is 4.37 Å². The van der Waals surface area contributed by atoms with Gasteiger partial charge in [0.2, 0.25) is 0 Å². The fraction of sp³-hybridized carbons (Fsp3) is 0.833. The summed E-state index contributed by atoms with van der Waals surface area (Å²) in [5, 5.41) is 4.14. The molecule has 2 atom stereocenters. The molecule has 1 aromatic rings. The second-order valence-corrected chi connectivity index (χ2v) is 6.76. The normalized spacial score (nSPS) is 25.8.